The quantitative estimate of drug-likeness (QED) is 0.700. The van der Waals surface area contributed by atoms with Crippen molar-refractivity contribution < 1.29 is 9.50 Å². The van der Waals surface area contributed by atoms with Gasteiger partial charge < -0.3 is 10.1 Å². The third-order valence-electron chi connectivity index (χ3n) is 1.70. The number of imidazole rings is 1. The zero-order valence-corrected chi connectivity index (χ0v) is 6.66. The summed E-state index contributed by atoms with van der Waals surface area (Å²) < 4.78 is 13.2. The van der Waals surface area contributed by atoms with Crippen LogP contribution in [0.2, 0.25) is 0 Å². The minimum Gasteiger partial charge on any atom is -0.508 e. The van der Waals surface area contributed by atoms with Crippen LogP contribution in [0, 0.1) is 5.82 Å². The number of aromatic hydroxyl groups is 1. The van der Waals surface area contributed by atoms with Crippen LogP contribution in [0.4, 0.5) is 4.39 Å². The van der Waals surface area contributed by atoms with Gasteiger partial charge in [0.15, 0.2) is 0 Å². The molecule has 1 heterocycles. The summed E-state index contributed by atoms with van der Waals surface area (Å²) in [6.07, 6.45) is 3.12. The lowest BCUT2D eigenvalue weighted by Gasteiger charge is -1.99. The Morgan fingerprint density at radius 1 is 1.38 bits per heavy atom. The molecule has 1 aromatic carbocycles. The van der Waals surface area contributed by atoms with Crippen molar-refractivity contribution in [1.82, 2.24) is 9.97 Å². The van der Waals surface area contributed by atoms with Crippen LogP contribution in [0.25, 0.3) is 11.4 Å². The van der Waals surface area contributed by atoms with Crippen molar-refractivity contribution in [1.29, 1.82) is 0 Å². The van der Waals surface area contributed by atoms with E-state index in [9.17, 15) is 4.39 Å². The highest BCUT2D eigenvalue weighted by molar-refractivity contribution is 5.58. The van der Waals surface area contributed by atoms with Crippen LogP contribution in [0.1, 0.15) is 0 Å². The standard InChI is InChI=1S/C9H7FN2O/c10-8-2-1-6(13)5-7(8)9-11-3-4-12-9/h1-5,13H,(H,11,12). The number of aromatic nitrogens is 2. The zero-order chi connectivity index (χ0) is 9.26. The van der Waals surface area contributed by atoms with Gasteiger partial charge in [-0.1, -0.05) is 0 Å². The summed E-state index contributed by atoms with van der Waals surface area (Å²) in [4.78, 5) is 6.64. The summed E-state index contributed by atoms with van der Waals surface area (Å²) in [7, 11) is 0. The van der Waals surface area contributed by atoms with Crippen LogP contribution in [0.15, 0.2) is 30.6 Å². The van der Waals surface area contributed by atoms with Gasteiger partial charge in [-0.2, -0.15) is 0 Å². The van der Waals surface area contributed by atoms with E-state index < -0.39 is 5.82 Å². The highest BCUT2D eigenvalue weighted by Crippen LogP contribution is 2.23. The lowest BCUT2D eigenvalue weighted by atomic mass is 10.2. The maximum Gasteiger partial charge on any atom is 0.140 e. The first kappa shape index (κ1) is 7.79. The molecule has 0 saturated heterocycles. The number of hydrogen-bond donors (Lipinski definition) is 2. The first-order valence-electron chi connectivity index (χ1n) is 3.75. The van der Waals surface area contributed by atoms with E-state index >= 15 is 0 Å². The molecule has 0 bridgehead atoms. The summed E-state index contributed by atoms with van der Waals surface area (Å²) in [5, 5.41) is 9.13. The van der Waals surface area contributed by atoms with Crippen molar-refractivity contribution in [3.63, 3.8) is 0 Å². The molecule has 2 rings (SSSR count). The minimum absolute atomic E-state index is 0.0211. The lowest BCUT2D eigenvalue weighted by Crippen LogP contribution is -1.85. The molecular formula is C9H7FN2O. The van der Waals surface area contributed by atoms with Gasteiger partial charge >= 0.3 is 0 Å². The minimum atomic E-state index is -0.409. The smallest absolute Gasteiger partial charge is 0.140 e. The highest BCUT2D eigenvalue weighted by Gasteiger charge is 2.07. The molecule has 0 unspecified atom stereocenters. The van der Waals surface area contributed by atoms with Crippen LogP contribution in [-0.2, 0) is 0 Å². The van der Waals surface area contributed by atoms with E-state index in [-0.39, 0.29) is 11.3 Å². The fourth-order valence-electron chi connectivity index (χ4n) is 1.11. The molecule has 0 aliphatic carbocycles. The van der Waals surface area contributed by atoms with Crippen LogP contribution in [0.3, 0.4) is 0 Å². The number of benzene rings is 1. The molecule has 0 atom stereocenters. The maximum atomic E-state index is 13.2. The lowest BCUT2D eigenvalue weighted by molar-refractivity contribution is 0.473. The van der Waals surface area contributed by atoms with Gasteiger partial charge in [0.1, 0.15) is 17.4 Å². The predicted octanol–water partition coefficient (Wildman–Crippen LogP) is 1.92. The van der Waals surface area contributed by atoms with Crippen molar-refractivity contribution in [2.75, 3.05) is 0 Å². The third kappa shape index (κ3) is 1.38. The Morgan fingerprint density at radius 2 is 2.23 bits per heavy atom. The van der Waals surface area contributed by atoms with Crippen molar-refractivity contribution in [3.05, 3.63) is 36.4 Å². The summed E-state index contributed by atoms with van der Waals surface area (Å²) >= 11 is 0. The number of H-pyrrole nitrogens is 1. The van der Waals surface area contributed by atoms with Crippen molar-refractivity contribution in [3.8, 4) is 17.1 Å². The van der Waals surface area contributed by atoms with E-state index in [1.165, 1.54) is 24.4 Å². The van der Waals surface area contributed by atoms with Crippen molar-refractivity contribution >= 4 is 0 Å². The van der Waals surface area contributed by atoms with Crippen molar-refractivity contribution in [2.24, 2.45) is 0 Å². The Morgan fingerprint density at radius 3 is 2.92 bits per heavy atom. The molecule has 66 valence electrons. The Kier molecular flexibility index (Phi) is 1.73. The number of phenolic OH excluding ortho intramolecular Hbond substituents is 1. The molecule has 4 heteroatoms. The number of hydrogen-bond acceptors (Lipinski definition) is 2. The summed E-state index contributed by atoms with van der Waals surface area (Å²) in [5.41, 5.74) is 0.269. The van der Waals surface area contributed by atoms with Gasteiger partial charge in [-0.3, -0.25) is 0 Å². The molecule has 0 aliphatic heterocycles. The van der Waals surface area contributed by atoms with E-state index in [0.29, 0.717) is 5.82 Å². The monoisotopic (exact) mass is 178 g/mol. The van der Waals surface area contributed by atoms with Gasteiger partial charge in [0.2, 0.25) is 0 Å². The number of nitrogens with one attached hydrogen (secondary N) is 1. The number of phenols is 1. The van der Waals surface area contributed by atoms with Gasteiger partial charge in [0, 0.05) is 12.4 Å². The molecule has 0 spiro atoms. The molecule has 3 nitrogen and oxygen atoms in total. The van der Waals surface area contributed by atoms with Crippen LogP contribution in [0.5, 0.6) is 5.75 Å². The first-order valence-corrected chi connectivity index (χ1v) is 3.75. The Labute approximate surface area is 73.9 Å². The fraction of sp³-hybridized carbons (Fsp3) is 0. The van der Waals surface area contributed by atoms with Crippen LogP contribution < -0.4 is 0 Å². The molecule has 1 aromatic heterocycles. The molecule has 0 radical (unpaired) electrons. The third-order valence-corrected chi connectivity index (χ3v) is 1.70. The molecule has 2 aromatic rings. The van der Waals surface area contributed by atoms with E-state index in [2.05, 4.69) is 9.97 Å². The first-order chi connectivity index (χ1) is 6.27. The molecule has 0 saturated carbocycles. The topological polar surface area (TPSA) is 48.9 Å². The maximum absolute atomic E-state index is 13.2. The molecular weight excluding hydrogens is 171 g/mol. The molecule has 13 heavy (non-hydrogen) atoms. The average molecular weight is 178 g/mol. The molecule has 2 N–H and O–H groups in total. The van der Waals surface area contributed by atoms with E-state index in [4.69, 9.17) is 5.11 Å². The summed E-state index contributed by atoms with van der Waals surface area (Å²) in [5.74, 6) is 0.0222. The van der Waals surface area contributed by atoms with Gasteiger partial charge in [0.05, 0.1) is 5.56 Å². The molecule has 0 aliphatic rings. The Hall–Kier alpha value is -1.84. The van der Waals surface area contributed by atoms with Gasteiger partial charge in [-0.15, -0.1) is 0 Å². The average Bonchev–Trinajstić information content (AvgIpc) is 2.61. The summed E-state index contributed by atoms with van der Waals surface area (Å²) in [6.45, 7) is 0. The molecule has 0 amide bonds. The number of nitrogens with zero attached hydrogens (tertiary/aromatic N) is 1. The second-order valence-corrected chi connectivity index (χ2v) is 2.60. The highest BCUT2D eigenvalue weighted by atomic mass is 19.1. The fourth-order valence-corrected chi connectivity index (χ4v) is 1.11. The molecule has 0 fully saturated rings. The second kappa shape index (κ2) is 2.90. The van der Waals surface area contributed by atoms with Gasteiger partial charge in [-0.05, 0) is 18.2 Å². The predicted molar refractivity (Wildman–Crippen MR) is 45.6 cm³/mol. The van der Waals surface area contributed by atoms with E-state index in [1.54, 1.807) is 6.20 Å². The van der Waals surface area contributed by atoms with Gasteiger partial charge in [-0.25, -0.2) is 9.37 Å². The second-order valence-electron chi connectivity index (χ2n) is 2.60. The van der Waals surface area contributed by atoms with E-state index in [1.807, 2.05) is 0 Å². The SMILES string of the molecule is Oc1ccc(F)c(-c2ncc[nH]2)c1. The van der Waals surface area contributed by atoms with Crippen molar-refractivity contribution in [2.45, 2.75) is 0 Å². The number of halogens is 1. The van der Waals surface area contributed by atoms with Gasteiger partial charge in [0.25, 0.3) is 0 Å². The normalized spacial score (nSPS) is 10.2. The zero-order valence-electron chi connectivity index (χ0n) is 6.66. The van der Waals surface area contributed by atoms with Crippen LogP contribution in [-0.4, -0.2) is 15.1 Å². The number of rotatable bonds is 1. The van der Waals surface area contributed by atoms with E-state index in [0.717, 1.165) is 0 Å². The largest absolute Gasteiger partial charge is 0.508 e. The Balaban J connectivity index is 2.57. The van der Waals surface area contributed by atoms with Crippen LogP contribution >= 0.6 is 0 Å². The summed E-state index contributed by atoms with van der Waals surface area (Å²) in [6, 6.07) is 3.82. The number of aromatic amines is 1. The Bertz CT molecular complexity index is 412.